The van der Waals surface area contributed by atoms with Crippen LogP contribution in [0, 0.1) is 0 Å². The maximum atomic E-state index is 12.1. The third-order valence-electron chi connectivity index (χ3n) is 3.16. The van der Waals surface area contributed by atoms with Crippen LogP contribution in [0.1, 0.15) is 24.9 Å². The highest BCUT2D eigenvalue weighted by Gasteiger charge is 2.13. The molecule has 1 atom stereocenters. The predicted molar refractivity (Wildman–Crippen MR) is 93.1 cm³/mol. The van der Waals surface area contributed by atoms with Crippen LogP contribution in [0.4, 0.5) is 10.5 Å². The molecule has 2 aromatic rings. The van der Waals surface area contributed by atoms with Gasteiger partial charge in [0.15, 0.2) is 0 Å². The minimum absolute atomic E-state index is 0.0972. The largest absolute Gasteiger partial charge is 0.331 e. The summed E-state index contributed by atoms with van der Waals surface area (Å²) in [5.41, 5.74) is 1.58. The van der Waals surface area contributed by atoms with E-state index < -0.39 is 0 Å². The maximum absolute atomic E-state index is 12.1. The van der Waals surface area contributed by atoms with Crippen molar-refractivity contribution in [1.82, 2.24) is 5.32 Å². The van der Waals surface area contributed by atoms with Gasteiger partial charge in [-0.25, -0.2) is 4.79 Å². The molecular formula is C16H15Cl3N2O. The first kappa shape index (κ1) is 16.9. The van der Waals surface area contributed by atoms with Gasteiger partial charge in [-0.3, -0.25) is 0 Å². The van der Waals surface area contributed by atoms with E-state index in [1.165, 1.54) is 0 Å². The van der Waals surface area contributed by atoms with Crippen molar-refractivity contribution in [2.45, 2.75) is 19.4 Å². The first-order chi connectivity index (χ1) is 10.5. The molecule has 0 aliphatic heterocycles. The SMILES string of the molecule is CC[C@@H](NC(=O)Nc1ccc(Cl)c(Cl)c1)c1ccc(Cl)cc1. The molecule has 0 aliphatic rings. The molecule has 0 radical (unpaired) electrons. The van der Waals surface area contributed by atoms with Crippen molar-refractivity contribution in [3.8, 4) is 0 Å². The molecular weight excluding hydrogens is 343 g/mol. The summed E-state index contributed by atoms with van der Waals surface area (Å²) in [6.45, 7) is 2.00. The van der Waals surface area contributed by atoms with Crippen LogP contribution in [0.15, 0.2) is 42.5 Å². The molecule has 6 heteroatoms. The zero-order chi connectivity index (χ0) is 16.1. The van der Waals surface area contributed by atoms with Gasteiger partial charge in [-0.2, -0.15) is 0 Å². The Morgan fingerprint density at radius 3 is 2.32 bits per heavy atom. The molecule has 0 bridgehead atoms. The minimum Gasteiger partial charge on any atom is -0.331 e. The van der Waals surface area contributed by atoms with Crippen LogP contribution < -0.4 is 10.6 Å². The average molecular weight is 358 g/mol. The van der Waals surface area contributed by atoms with Gasteiger partial charge in [0.25, 0.3) is 0 Å². The lowest BCUT2D eigenvalue weighted by Crippen LogP contribution is -2.32. The minimum atomic E-state index is -0.305. The topological polar surface area (TPSA) is 41.1 Å². The number of hydrogen-bond acceptors (Lipinski definition) is 1. The molecule has 0 saturated carbocycles. The summed E-state index contributed by atoms with van der Waals surface area (Å²) in [6, 6.07) is 11.9. The lowest BCUT2D eigenvalue weighted by Gasteiger charge is -2.18. The van der Waals surface area contributed by atoms with E-state index >= 15 is 0 Å². The van der Waals surface area contributed by atoms with Gasteiger partial charge >= 0.3 is 6.03 Å². The molecule has 0 heterocycles. The molecule has 2 amide bonds. The molecule has 3 nitrogen and oxygen atoms in total. The van der Waals surface area contributed by atoms with Crippen LogP contribution >= 0.6 is 34.8 Å². The summed E-state index contributed by atoms with van der Waals surface area (Å²) in [5, 5.41) is 7.16. The lowest BCUT2D eigenvalue weighted by atomic mass is 10.1. The number of anilines is 1. The van der Waals surface area contributed by atoms with E-state index in [-0.39, 0.29) is 12.1 Å². The summed E-state index contributed by atoms with van der Waals surface area (Å²) in [6.07, 6.45) is 0.760. The molecule has 22 heavy (non-hydrogen) atoms. The van der Waals surface area contributed by atoms with Crippen molar-refractivity contribution in [3.63, 3.8) is 0 Å². The standard InChI is InChI=1S/C16H15Cl3N2O/c1-2-15(10-3-5-11(17)6-4-10)21-16(22)20-12-7-8-13(18)14(19)9-12/h3-9,15H,2H2,1H3,(H2,20,21,22)/t15-/m1/s1. The van der Waals surface area contributed by atoms with Crippen molar-refractivity contribution in [2.75, 3.05) is 5.32 Å². The van der Waals surface area contributed by atoms with Gasteiger partial charge in [-0.15, -0.1) is 0 Å². The van der Waals surface area contributed by atoms with Gasteiger partial charge in [0, 0.05) is 10.7 Å². The normalized spacial score (nSPS) is 11.8. The summed E-state index contributed by atoms with van der Waals surface area (Å²) >= 11 is 17.6. The molecule has 116 valence electrons. The Kier molecular flexibility index (Phi) is 5.95. The van der Waals surface area contributed by atoms with E-state index in [0.717, 1.165) is 12.0 Å². The van der Waals surface area contributed by atoms with Gasteiger partial charge < -0.3 is 10.6 Å². The van der Waals surface area contributed by atoms with Gasteiger partial charge in [-0.1, -0.05) is 53.9 Å². The number of benzene rings is 2. The lowest BCUT2D eigenvalue weighted by molar-refractivity contribution is 0.248. The van der Waals surface area contributed by atoms with Gasteiger partial charge in [-0.05, 0) is 42.3 Å². The number of halogens is 3. The van der Waals surface area contributed by atoms with Gasteiger partial charge in [0.05, 0.1) is 16.1 Å². The van der Waals surface area contributed by atoms with E-state index in [0.29, 0.717) is 20.8 Å². The van der Waals surface area contributed by atoms with Crippen molar-refractivity contribution >= 4 is 46.5 Å². The molecule has 0 spiro atoms. The maximum Gasteiger partial charge on any atom is 0.319 e. The Bertz CT molecular complexity index is 659. The smallest absolute Gasteiger partial charge is 0.319 e. The van der Waals surface area contributed by atoms with Crippen LogP contribution in [0.3, 0.4) is 0 Å². The number of hydrogen-bond donors (Lipinski definition) is 2. The van der Waals surface area contributed by atoms with Gasteiger partial charge in [0.1, 0.15) is 0 Å². The monoisotopic (exact) mass is 356 g/mol. The van der Waals surface area contributed by atoms with Crippen LogP contribution in [0.25, 0.3) is 0 Å². The number of urea groups is 1. The fourth-order valence-electron chi connectivity index (χ4n) is 2.02. The Morgan fingerprint density at radius 1 is 1.05 bits per heavy atom. The van der Waals surface area contributed by atoms with Crippen molar-refractivity contribution < 1.29 is 4.79 Å². The first-order valence-corrected chi connectivity index (χ1v) is 7.91. The summed E-state index contributed by atoms with van der Waals surface area (Å²) in [7, 11) is 0. The van der Waals surface area contributed by atoms with Crippen LogP contribution in [-0.4, -0.2) is 6.03 Å². The highest BCUT2D eigenvalue weighted by Crippen LogP contribution is 2.25. The summed E-state index contributed by atoms with van der Waals surface area (Å²) in [4.78, 5) is 12.1. The molecule has 0 aromatic heterocycles. The van der Waals surface area contributed by atoms with E-state index in [1.807, 2.05) is 19.1 Å². The summed E-state index contributed by atoms with van der Waals surface area (Å²) < 4.78 is 0. The third-order valence-corrected chi connectivity index (χ3v) is 4.15. The average Bonchev–Trinajstić information content (AvgIpc) is 2.49. The quantitative estimate of drug-likeness (QED) is 0.700. The Labute approximate surface area is 144 Å². The van der Waals surface area contributed by atoms with Crippen LogP contribution in [0.2, 0.25) is 15.1 Å². The Balaban J connectivity index is 2.02. The fourth-order valence-corrected chi connectivity index (χ4v) is 2.44. The first-order valence-electron chi connectivity index (χ1n) is 6.77. The molecule has 0 aliphatic carbocycles. The number of carbonyl (C=O) groups excluding carboxylic acids is 1. The second-order valence-corrected chi connectivity index (χ2v) is 5.99. The molecule has 0 saturated heterocycles. The molecule has 2 N–H and O–H groups in total. The third kappa shape index (κ3) is 4.54. The molecule has 0 fully saturated rings. The number of carbonyl (C=O) groups is 1. The van der Waals surface area contributed by atoms with Crippen molar-refractivity contribution in [3.05, 3.63) is 63.1 Å². The zero-order valence-electron chi connectivity index (χ0n) is 11.9. The van der Waals surface area contributed by atoms with Gasteiger partial charge in [0.2, 0.25) is 0 Å². The van der Waals surface area contributed by atoms with E-state index in [4.69, 9.17) is 34.8 Å². The van der Waals surface area contributed by atoms with E-state index in [1.54, 1.807) is 30.3 Å². The molecule has 2 rings (SSSR count). The van der Waals surface area contributed by atoms with Crippen molar-refractivity contribution in [1.29, 1.82) is 0 Å². The number of rotatable bonds is 4. The fraction of sp³-hybridized carbons (Fsp3) is 0.188. The zero-order valence-corrected chi connectivity index (χ0v) is 14.1. The van der Waals surface area contributed by atoms with Crippen LogP contribution in [0.5, 0.6) is 0 Å². The van der Waals surface area contributed by atoms with Crippen LogP contribution in [-0.2, 0) is 0 Å². The highest BCUT2D eigenvalue weighted by atomic mass is 35.5. The van der Waals surface area contributed by atoms with E-state index in [2.05, 4.69) is 10.6 Å². The summed E-state index contributed by atoms with van der Waals surface area (Å²) in [5.74, 6) is 0. The number of nitrogens with one attached hydrogen (secondary N) is 2. The molecule has 0 unspecified atom stereocenters. The second-order valence-electron chi connectivity index (χ2n) is 4.74. The van der Waals surface area contributed by atoms with E-state index in [9.17, 15) is 4.79 Å². The van der Waals surface area contributed by atoms with Crippen molar-refractivity contribution in [2.24, 2.45) is 0 Å². The Hall–Kier alpha value is -1.42. The highest BCUT2D eigenvalue weighted by molar-refractivity contribution is 6.42. The predicted octanol–water partition coefficient (Wildman–Crippen LogP) is 5.92. The Morgan fingerprint density at radius 2 is 1.73 bits per heavy atom. The molecule has 2 aromatic carbocycles. The number of amides is 2. The second kappa shape index (κ2) is 7.73.